The Hall–Kier alpha value is -2.30. The summed E-state index contributed by atoms with van der Waals surface area (Å²) in [6.45, 7) is 2.02. The molecule has 0 bridgehead atoms. The Morgan fingerprint density at radius 3 is 2.67 bits per heavy atom. The molecule has 2 aromatic heterocycles. The van der Waals surface area contributed by atoms with E-state index >= 15 is 0 Å². The molecule has 0 fully saturated rings. The van der Waals surface area contributed by atoms with Crippen LogP contribution in [-0.4, -0.2) is 19.6 Å². The van der Waals surface area contributed by atoms with Crippen LogP contribution in [0, 0.1) is 5.82 Å². The van der Waals surface area contributed by atoms with E-state index in [0.717, 1.165) is 17.8 Å². The van der Waals surface area contributed by atoms with Gasteiger partial charge in [0, 0.05) is 24.4 Å². The van der Waals surface area contributed by atoms with E-state index in [1.54, 1.807) is 18.3 Å². The van der Waals surface area contributed by atoms with Gasteiger partial charge < -0.3 is 0 Å². The summed E-state index contributed by atoms with van der Waals surface area (Å²) < 4.78 is 14.8. The first kappa shape index (κ1) is 10.8. The van der Waals surface area contributed by atoms with E-state index in [2.05, 4.69) is 15.2 Å². The fourth-order valence-electron chi connectivity index (χ4n) is 1.93. The van der Waals surface area contributed by atoms with Gasteiger partial charge in [0.1, 0.15) is 17.3 Å². The number of aryl methyl sites for hydroxylation is 1. The highest BCUT2D eigenvalue weighted by Crippen LogP contribution is 2.21. The van der Waals surface area contributed by atoms with E-state index in [1.807, 2.05) is 17.5 Å². The first-order valence-electron chi connectivity index (χ1n) is 5.74. The van der Waals surface area contributed by atoms with Crippen LogP contribution < -0.4 is 0 Å². The quantitative estimate of drug-likeness (QED) is 0.693. The summed E-state index contributed by atoms with van der Waals surface area (Å²) in [7, 11) is 0. The van der Waals surface area contributed by atoms with Gasteiger partial charge in [-0.05, 0) is 24.3 Å². The van der Waals surface area contributed by atoms with E-state index in [-0.39, 0.29) is 5.82 Å². The van der Waals surface area contributed by atoms with Gasteiger partial charge in [-0.3, -0.25) is 9.38 Å². The predicted molar refractivity (Wildman–Crippen MR) is 65.6 cm³/mol. The fourth-order valence-corrected chi connectivity index (χ4v) is 1.93. The normalized spacial score (nSPS) is 11.0. The Bertz CT molecular complexity index is 688. The van der Waals surface area contributed by atoms with Crippen LogP contribution in [0.25, 0.3) is 16.9 Å². The van der Waals surface area contributed by atoms with Crippen LogP contribution in [-0.2, 0) is 6.42 Å². The molecular weight excluding hydrogens is 231 g/mol. The lowest BCUT2D eigenvalue weighted by Crippen LogP contribution is -1.95. The van der Waals surface area contributed by atoms with Crippen LogP contribution in [0.5, 0.6) is 0 Å². The maximum atomic E-state index is 12.9. The third-order valence-corrected chi connectivity index (χ3v) is 2.83. The molecular formula is C13H11FN4. The number of halogens is 1. The Balaban J connectivity index is 2.23. The monoisotopic (exact) mass is 242 g/mol. The molecule has 0 aliphatic rings. The molecule has 0 spiro atoms. The van der Waals surface area contributed by atoms with Gasteiger partial charge in [-0.15, -0.1) is 10.2 Å². The number of hydrogen-bond donors (Lipinski definition) is 0. The fraction of sp³-hybridized carbons (Fsp3) is 0.154. The Labute approximate surface area is 103 Å². The summed E-state index contributed by atoms with van der Waals surface area (Å²) in [6, 6.07) is 6.21. The van der Waals surface area contributed by atoms with Crippen molar-refractivity contribution in [1.82, 2.24) is 19.6 Å². The van der Waals surface area contributed by atoms with Crippen LogP contribution in [0.3, 0.4) is 0 Å². The van der Waals surface area contributed by atoms with Crippen molar-refractivity contribution in [2.45, 2.75) is 13.3 Å². The van der Waals surface area contributed by atoms with Crippen LogP contribution in [0.15, 0.2) is 36.7 Å². The maximum absolute atomic E-state index is 12.9. The molecule has 0 saturated carbocycles. The summed E-state index contributed by atoms with van der Waals surface area (Å²) in [5.74, 6) is 0.622. The van der Waals surface area contributed by atoms with Crippen LogP contribution in [0.2, 0.25) is 0 Å². The number of nitrogens with zero attached hydrogens (tertiary/aromatic N) is 4. The summed E-state index contributed by atoms with van der Waals surface area (Å²) in [6.07, 6.45) is 4.34. The number of aromatic nitrogens is 4. The van der Waals surface area contributed by atoms with Gasteiger partial charge in [0.15, 0.2) is 5.65 Å². The van der Waals surface area contributed by atoms with Crippen molar-refractivity contribution in [3.8, 4) is 11.3 Å². The second-order valence-corrected chi connectivity index (χ2v) is 3.95. The number of fused-ring (bicyclic) bond motifs is 1. The highest BCUT2D eigenvalue weighted by molar-refractivity contribution is 5.73. The zero-order valence-corrected chi connectivity index (χ0v) is 9.84. The largest absolute Gasteiger partial charge is 0.283 e. The van der Waals surface area contributed by atoms with Gasteiger partial charge in [0.2, 0.25) is 0 Å². The van der Waals surface area contributed by atoms with Crippen molar-refractivity contribution in [2.24, 2.45) is 0 Å². The van der Waals surface area contributed by atoms with Gasteiger partial charge in [-0.25, -0.2) is 4.39 Å². The minimum atomic E-state index is -0.263. The van der Waals surface area contributed by atoms with E-state index in [1.165, 1.54) is 12.1 Å². The van der Waals surface area contributed by atoms with Gasteiger partial charge in [0.05, 0.1) is 0 Å². The lowest BCUT2D eigenvalue weighted by atomic mass is 10.1. The number of benzene rings is 1. The van der Waals surface area contributed by atoms with Crippen molar-refractivity contribution in [3.63, 3.8) is 0 Å². The molecule has 3 aromatic rings. The molecule has 1 aromatic carbocycles. The van der Waals surface area contributed by atoms with E-state index in [9.17, 15) is 4.39 Å². The van der Waals surface area contributed by atoms with Crippen molar-refractivity contribution in [2.75, 3.05) is 0 Å². The van der Waals surface area contributed by atoms with Gasteiger partial charge in [-0.2, -0.15) is 0 Å². The molecule has 2 heterocycles. The van der Waals surface area contributed by atoms with Crippen molar-refractivity contribution in [1.29, 1.82) is 0 Å². The van der Waals surface area contributed by atoms with Crippen molar-refractivity contribution >= 4 is 5.65 Å². The molecule has 90 valence electrons. The molecule has 0 N–H and O–H groups in total. The van der Waals surface area contributed by atoms with Crippen LogP contribution >= 0.6 is 0 Å². The lowest BCUT2D eigenvalue weighted by molar-refractivity contribution is 0.628. The molecule has 4 nitrogen and oxygen atoms in total. The number of rotatable bonds is 2. The maximum Gasteiger partial charge on any atom is 0.187 e. The van der Waals surface area contributed by atoms with E-state index in [0.29, 0.717) is 11.3 Å². The van der Waals surface area contributed by atoms with Crippen molar-refractivity contribution < 1.29 is 4.39 Å². The highest BCUT2D eigenvalue weighted by atomic mass is 19.1. The average molecular weight is 242 g/mol. The Morgan fingerprint density at radius 2 is 1.94 bits per heavy atom. The summed E-state index contributed by atoms with van der Waals surface area (Å²) in [5, 5.41) is 8.26. The molecule has 0 aliphatic heterocycles. The molecule has 0 amide bonds. The SMILES string of the molecule is CCc1nnc2c(-c3ccc(F)cc3)nccn12. The molecule has 0 aliphatic carbocycles. The van der Waals surface area contributed by atoms with Gasteiger partial charge in [-0.1, -0.05) is 6.92 Å². The molecule has 18 heavy (non-hydrogen) atoms. The molecule has 0 saturated heterocycles. The first-order chi connectivity index (χ1) is 8.79. The third kappa shape index (κ3) is 1.64. The van der Waals surface area contributed by atoms with Crippen molar-refractivity contribution in [3.05, 3.63) is 48.3 Å². The summed E-state index contributed by atoms with van der Waals surface area (Å²) >= 11 is 0. The zero-order valence-electron chi connectivity index (χ0n) is 9.84. The average Bonchev–Trinajstić information content (AvgIpc) is 2.82. The first-order valence-corrected chi connectivity index (χ1v) is 5.74. The minimum Gasteiger partial charge on any atom is -0.283 e. The van der Waals surface area contributed by atoms with Gasteiger partial charge >= 0.3 is 0 Å². The smallest absolute Gasteiger partial charge is 0.187 e. The summed E-state index contributed by atoms with van der Waals surface area (Å²) in [4.78, 5) is 4.31. The predicted octanol–water partition coefficient (Wildman–Crippen LogP) is 2.49. The Morgan fingerprint density at radius 1 is 1.17 bits per heavy atom. The lowest BCUT2D eigenvalue weighted by Gasteiger charge is -2.02. The van der Waals surface area contributed by atoms with E-state index in [4.69, 9.17) is 0 Å². The molecule has 3 rings (SSSR count). The highest BCUT2D eigenvalue weighted by Gasteiger charge is 2.10. The van der Waals surface area contributed by atoms with Crippen LogP contribution in [0.4, 0.5) is 4.39 Å². The molecule has 0 radical (unpaired) electrons. The van der Waals surface area contributed by atoms with E-state index < -0.39 is 0 Å². The standard InChI is InChI=1S/C13H11FN4/c1-2-11-16-17-13-12(15-7-8-18(11)13)9-3-5-10(14)6-4-9/h3-8H,2H2,1H3. The second-order valence-electron chi connectivity index (χ2n) is 3.95. The number of hydrogen-bond acceptors (Lipinski definition) is 3. The Kier molecular flexibility index (Phi) is 2.51. The molecule has 0 unspecified atom stereocenters. The molecule has 0 atom stereocenters. The third-order valence-electron chi connectivity index (χ3n) is 2.83. The molecule has 5 heteroatoms. The topological polar surface area (TPSA) is 43.1 Å². The minimum absolute atomic E-state index is 0.263. The second kappa shape index (κ2) is 4.18. The summed E-state index contributed by atoms with van der Waals surface area (Å²) in [5.41, 5.74) is 2.24. The van der Waals surface area contributed by atoms with Gasteiger partial charge in [0.25, 0.3) is 0 Å². The zero-order chi connectivity index (χ0) is 12.5. The van der Waals surface area contributed by atoms with Crippen LogP contribution in [0.1, 0.15) is 12.7 Å².